The summed E-state index contributed by atoms with van der Waals surface area (Å²) in [4.78, 5) is 61.2. The molecule has 0 saturated heterocycles. The normalized spacial score (nSPS) is 11.6. The highest BCUT2D eigenvalue weighted by atomic mass is 16.6. The SMILES string of the molecule is O=CC(CNC(=O)C(CNC(=O)OCc1ccccc1)NC(=O)OCc1ccccc1)NC(=O)OCc1ccccc1. The van der Waals surface area contributed by atoms with Crippen molar-refractivity contribution in [3.63, 3.8) is 0 Å². The number of rotatable bonds is 14. The topological polar surface area (TPSA) is 161 Å². The first-order valence-corrected chi connectivity index (χ1v) is 13.0. The molecule has 3 aromatic rings. The molecule has 4 N–H and O–H groups in total. The fourth-order valence-electron chi connectivity index (χ4n) is 3.46. The smallest absolute Gasteiger partial charge is 0.408 e. The Hall–Kier alpha value is -5.39. The largest absolute Gasteiger partial charge is 0.445 e. The Morgan fingerprint density at radius 2 is 1.00 bits per heavy atom. The Morgan fingerprint density at radius 3 is 1.45 bits per heavy atom. The average molecular weight is 577 g/mol. The van der Waals surface area contributed by atoms with E-state index in [2.05, 4.69) is 21.3 Å². The van der Waals surface area contributed by atoms with Crippen molar-refractivity contribution in [3.05, 3.63) is 108 Å². The molecule has 0 bridgehead atoms. The van der Waals surface area contributed by atoms with Gasteiger partial charge in [-0.05, 0) is 16.7 Å². The Bertz CT molecular complexity index is 1290. The van der Waals surface area contributed by atoms with Crippen molar-refractivity contribution >= 4 is 30.5 Å². The molecular weight excluding hydrogens is 544 g/mol. The lowest BCUT2D eigenvalue weighted by atomic mass is 10.2. The number of hydrogen-bond donors (Lipinski definition) is 4. The summed E-state index contributed by atoms with van der Waals surface area (Å²) in [6, 6.07) is 24.4. The van der Waals surface area contributed by atoms with Crippen LogP contribution >= 0.6 is 0 Å². The zero-order valence-electron chi connectivity index (χ0n) is 22.7. The molecule has 0 fully saturated rings. The number of ether oxygens (including phenoxy) is 3. The Balaban J connectivity index is 1.51. The summed E-state index contributed by atoms with van der Waals surface area (Å²) < 4.78 is 15.4. The molecule has 2 unspecified atom stereocenters. The lowest BCUT2D eigenvalue weighted by Crippen LogP contribution is -2.55. The van der Waals surface area contributed by atoms with Crippen LogP contribution in [-0.2, 0) is 43.6 Å². The van der Waals surface area contributed by atoms with E-state index in [0.29, 0.717) is 6.29 Å². The summed E-state index contributed by atoms with van der Waals surface area (Å²) in [5, 5.41) is 9.64. The molecule has 12 heteroatoms. The summed E-state index contributed by atoms with van der Waals surface area (Å²) >= 11 is 0. The minimum atomic E-state index is -1.30. The second-order valence-corrected chi connectivity index (χ2v) is 8.90. The average Bonchev–Trinajstić information content (AvgIpc) is 3.03. The summed E-state index contributed by atoms with van der Waals surface area (Å²) in [6.45, 7) is -0.705. The molecule has 220 valence electrons. The quantitative estimate of drug-likeness (QED) is 0.168. The van der Waals surface area contributed by atoms with Crippen LogP contribution in [0.2, 0.25) is 0 Å². The van der Waals surface area contributed by atoms with Crippen LogP contribution in [0.5, 0.6) is 0 Å². The molecule has 4 amide bonds. The standard InChI is InChI=1S/C30H32N4O8/c35-18-25(33-29(38)41-20-23-12-6-2-7-13-23)16-31-27(36)26(34-30(39)42-21-24-14-8-3-9-15-24)17-32-28(37)40-19-22-10-4-1-5-11-22/h1-15,18,25-26H,16-17,19-21H2,(H,31,36)(H,32,37)(H,33,38)(H,34,39). The molecule has 0 aliphatic heterocycles. The van der Waals surface area contributed by atoms with E-state index in [1.54, 1.807) is 72.8 Å². The lowest BCUT2D eigenvalue weighted by Gasteiger charge is -2.20. The first-order chi connectivity index (χ1) is 20.4. The molecule has 0 radical (unpaired) electrons. The third kappa shape index (κ3) is 11.8. The Kier molecular flexibility index (Phi) is 12.9. The second-order valence-electron chi connectivity index (χ2n) is 8.90. The van der Waals surface area contributed by atoms with Crippen molar-refractivity contribution < 1.29 is 38.2 Å². The fraction of sp³-hybridized carbons (Fsp3) is 0.233. The minimum Gasteiger partial charge on any atom is -0.445 e. The van der Waals surface area contributed by atoms with E-state index in [4.69, 9.17) is 14.2 Å². The molecule has 12 nitrogen and oxygen atoms in total. The fourth-order valence-corrected chi connectivity index (χ4v) is 3.46. The zero-order chi connectivity index (χ0) is 30.0. The van der Waals surface area contributed by atoms with Crippen LogP contribution in [0.15, 0.2) is 91.0 Å². The third-order valence-corrected chi connectivity index (χ3v) is 5.66. The maximum atomic E-state index is 12.9. The summed E-state index contributed by atoms with van der Waals surface area (Å²) in [5.41, 5.74) is 2.25. The van der Waals surface area contributed by atoms with Gasteiger partial charge in [-0.1, -0.05) is 91.0 Å². The molecule has 42 heavy (non-hydrogen) atoms. The highest BCUT2D eigenvalue weighted by Crippen LogP contribution is 2.03. The highest BCUT2D eigenvalue weighted by Gasteiger charge is 2.24. The Morgan fingerprint density at radius 1 is 0.571 bits per heavy atom. The monoisotopic (exact) mass is 576 g/mol. The number of hydrogen-bond acceptors (Lipinski definition) is 8. The van der Waals surface area contributed by atoms with Gasteiger partial charge in [-0.3, -0.25) is 4.79 Å². The predicted molar refractivity (Wildman–Crippen MR) is 151 cm³/mol. The first-order valence-electron chi connectivity index (χ1n) is 13.0. The number of aldehydes is 1. The molecule has 3 aromatic carbocycles. The van der Waals surface area contributed by atoms with Gasteiger partial charge in [-0.2, -0.15) is 0 Å². The van der Waals surface area contributed by atoms with Gasteiger partial charge in [0.05, 0.1) is 6.54 Å². The van der Waals surface area contributed by atoms with Crippen LogP contribution in [0, 0.1) is 0 Å². The van der Waals surface area contributed by atoms with Gasteiger partial charge in [0.25, 0.3) is 0 Å². The van der Waals surface area contributed by atoms with E-state index in [9.17, 15) is 24.0 Å². The maximum absolute atomic E-state index is 12.9. The Labute approximate surface area is 242 Å². The van der Waals surface area contributed by atoms with Gasteiger partial charge in [0.1, 0.15) is 38.2 Å². The van der Waals surface area contributed by atoms with E-state index in [-0.39, 0.29) is 32.9 Å². The number of alkyl carbamates (subject to hydrolysis) is 3. The molecule has 0 saturated carbocycles. The molecule has 0 aromatic heterocycles. The van der Waals surface area contributed by atoms with Crippen LogP contribution in [-0.4, -0.2) is 55.6 Å². The molecular formula is C30H32N4O8. The molecule has 0 spiro atoms. The van der Waals surface area contributed by atoms with Gasteiger partial charge in [0.2, 0.25) is 5.91 Å². The number of carbonyl (C=O) groups is 5. The van der Waals surface area contributed by atoms with Gasteiger partial charge >= 0.3 is 18.3 Å². The number of carbonyl (C=O) groups excluding carboxylic acids is 5. The molecule has 3 rings (SSSR count). The maximum Gasteiger partial charge on any atom is 0.408 e. The van der Waals surface area contributed by atoms with Crippen molar-refractivity contribution in [2.24, 2.45) is 0 Å². The van der Waals surface area contributed by atoms with Crippen LogP contribution in [0.4, 0.5) is 14.4 Å². The van der Waals surface area contributed by atoms with Crippen LogP contribution in [0.3, 0.4) is 0 Å². The van der Waals surface area contributed by atoms with E-state index in [1.807, 2.05) is 18.2 Å². The second kappa shape index (κ2) is 17.3. The van der Waals surface area contributed by atoms with E-state index in [0.717, 1.165) is 16.7 Å². The van der Waals surface area contributed by atoms with Crippen molar-refractivity contribution in [1.82, 2.24) is 21.3 Å². The summed E-state index contributed by atoms with van der Waals surface area (Å²) in [5.74, 6) is -0.749. The van der Waals surface area contributed by atoms with E-state index < -0.39 is 36.3 Å². The summed E-state index contributed by atoms with van der Waals surface area (Å²) in [7, 11) is 0. The molecule has 0 heterocycles. The molecule has 0 aliphatic rings. The predicted octanol–water partition coefficient (Wildman–Crippen LogP) is 2.82. The first kappa shape index (κ1) is 31.1. The highest BCUT2D eigenvalue weighted by molar-refractivity contribution is 5.87. The van der Waals surface area contributed by atoms with Crippen molar-refractivity contribution in [1.29, 1.82) is 0 Å². The summed E-state index contributed by atoms with van der Waals surface area (Å²) in [6.07, 6.45) is -2.15. The number of amides is 4. The van der Waals surface area contributed by atoms with Crippen molar-refractivity contribution in [2.45, 2.75) is 31.9 Å². The van der Waals surface area contributed by atoms with Crippen LogP contribution in [0.1, 0.15) is 16.7 Å². The molecule has 2 atom stereocenters. The van der Waals surface area contributed by atoms with Gasteiger partial charge in [-0.15, -0.1) is 0 Å². The van der Waals surface area contributed by atoms with Crippen molar-refractivity contribution in [2.75, 3.05) is 13.1 Å². The van der Waals surface area contributed by atoms with Crippen molar-refractivity contribution in [3.8, 4) is 0 Å². The third-order valence-electron chi connectivity index (χ3n) is 5.66. The van der Waals surface area contributed by atoms with Gasteiger partial charge < -0.3 is 40.3 Å². The minimum absolute atomic E-state index is 0.00311. The van der Waals surface area contributed by atoms with E-state index >= 15 is 0 Å². The number of nitrogens with one attached hydrogen (secondary N) is 4. The van der Waals surface area contributed by atoms with Crippen LogP contribution in [0.25, 0.3) is 0 Å². The molecule has 0 aliphatic carbocycles. The lowest BCUT2D eigenvalue weighted by molar-refractivity contribution is -0.123. The van der Waals surface area contributed by atoms with E-state index in [1.165, 1.54) is 0 Å². The number of benzene rings is 3. The van der Waals surface area contributed by atoms with Gasteiger partial charge in [-0.25, -0.2) is 14.4 Å². The zero-order valence-corrected chi connectivity index (χ0v) is 22.7. The van der Waals surface area contributed by atoms with Gasteiger partial charge in [0.15, 0.2) is 0 Å². The van der Waals surface area contributed by atoms with Crippen LogP contribution < -0.4 is 21.3 Å². The van der Waals surface area contributed by atoms with Gasteiger partial charge in [0, 0.05) is 6.54 Å².